The quantitative estimate of drug-likeness (QED) is 0.754. The van der Waals surface area contributed by atoms with E-state index in [4.69, 9.17) is 4.74 Å². The first-order valence-corrected chi connectivity index (χ1v) is 5.97. The Bertz CT molecular complexity index is 174. The maximum atomic E-state index is 10.1. The van der Waals surface area contributed by atoms with Crippen molar-refractivity contribution >= 4 is 0 Å². The van der Waals surface area contributed by atoms with Gasteiger partial charge in [-0.2, -0.15) is 0 Å². The molecule has 1 aliphatic rings. The summed E-state index contributed by atoms with van der Waals surface area (Å²) in [6.07, 6.45) is 3.25. The van der Waals surface area contributed by atoms with Gasteiger partial charge in [0.1, 0.15) is 0 Å². The summed E-state index contributed by atoms with van der Waals surface area (Å²) in [6, 6.07) is 0. The van der Waals surface area contributed by atoms with Gasteiger partial charge in [-0.15, -0.1) is 0 Å². The van der Waals surface area contributed by atoms with Gasteiger partial charge in [0.15, 0.2) is 0 Å². The van der Waals surface area contributed by atoms with E-state index in [0.29, 0.717) is 6.61 Å². The smallest absolute Gasteiger partial charge is 0.0768 e. The lowest BCUT2D eigenvalue weighted by Crippen LogP contribution is -2.44. The number of likely N-dealkylation sites (tertiary alicyclic amines) is 1. The van der Waals surface area contributed by atoms with Gasteiger partial charge in [-0.3, -0.25) is 0 Å². The van der Waals surface area contributed by atoms with E-state index in [0.717, 1.165) is 32.0 Å². The molecule has 0 aromatic heterocycles. The van der Waals surface area contributed by atoms with E-state index in [1.165, 1.54) is 12.8 Å². The van der Waals surface area contributed by atoms with Crippen LogP contribution in [0.2, 0.25) is 0 Å². The van der Waals surface area contributed by atoms with E-state index in [1.54, 1.807) is 7.11 Å². The highest BCUT2D eigenvalue weighted by Crippen LogP contribution is 2.19. The second kappa shape index (κ2) is 5.83. The third kappa shape index (κ3) is 4.96. The molecular weight excluding hydrogens is 190 g/mol. The average molecular weight is 215 g/mol. The highest BCUT2D eigenvalue weighted by atomic mass is 16.5. The summed E-state index contributed by atoms with van der Waals surface area (Å²) in [5.41, 5.74) is -0.601. The standard InChI is InChI=1S/C12H25NO2/c1-11-4-7-13(8-5-11)10-12(2,14)6-9-15-3/h11,14H,4-10H2,1-3H3. The molecule has 1 N–H and O–H groups in total. The Morgan fingerprint density at radius 2 is 2.00 bits per heavy atom. The Hall–Kier alpha value is -0.120. The van der Waals surface area contributed by atoms with Crippen LogP contribution in [0.5, 0.6) is 0 Å². The molecule has 1 unspecified atom stereocenters. The second-order valence-electron chi connectivity index (χ2n) is 5.20. The number of hydrogen-bond donors (Lipinski definition) is 1. The molecule has 1 heterocycles. The van der Waals surface area contributed by atoms with E-state index in [1.807, 2.05) is 6.92 Å². The van der Waals surface area contributed by atoms with Gasteiger partial charge in [0, 0.05) is 26.7 Å². The van der Waals surface area contributed by atoms with Crippen LogP contribution in [0.3, 0.4) is 0 Å². The molecule has 1 fully saturated rings. The molecule has 0 saturated carbocycles. The van der Waals surface area contributed by atoms with Gasteiger partial charge < -0.3 is 14.7 Å². The van der Waals surface area contributed by atoms with Crippen molar-refractivity contribution in [3.05, 3.63) is 0 Å². The predicted molar refractivity (Wildman–Crippen MR) is 62.0 cm³/mol. The topological polar surface area (TPSA) is 32.7 Å². The fourth-order valence-corrected chi connectivity index (χ4v) is 2.10. The van der Waals surface area contributed by atoms with Crippen LogP contribution in [0, 0.1) is 5.92 Å². The van der Waals surface area contributed by atoms with Gasteiger partial charge in [-0.25, -0.2) is 0 Å². The second-order valence-corrected chi connectivity index (χ2v) is 5.20. The average Bonchev–Trinajstić information content (AvgIpc) is 2.18. The number of rotatable bonds is 5. The summed E-state index contributed by atoms with van der Waals surface area (Å²) in [6.45, 7) is 7.89. The summed E-state index contributed by atoms with van der Waals surface area (Å²) in [7, 11) is 1.68. The van der Waals surface area contributed by atoms with Crippen molar-refractivity contribution in [1.29, 1.82) is 0 Å². The molecule has 0 aromatic rings. The lowest BCUT2D eigenvalue weighted by molar-refractivity contribution is -0.0124. The number of ether oxygens (including phenoxy) is 1. The van der Waals surface area contributed by atoms with Crippen LogP contribution in [-0.4, -0.2) is 49.0 Å². The minimum atomic E-state index is -0.601. The molecule has 0 aromatic carbocycles. The molecule has 1 atom stereocenters. The molecule has 0 spiro atoms. The van der Waals surface area contributed by atoms with Crippen molar-refractivity contribution in [2.24, 2.45) is 5.92 Å². The zero-order valence-electron chi connectivity index (χ0n) is 10.3. The number of β-amino-alcohol motifs (C(OH)–C–C–N with tert-alkyl or cyclic N) is 1. The minimum Gasteiger partial charge on any atom is -0.389 e. The van der Waals surface area contributed by atoms with Gasteiger partial charge in [0.05, 0.1) is 5.60 Å². The zero-order valence-corrected chi connectivity index (χ0v) is 10.3. The lowest BCUT2D eigenvalue weighted by Gasteiger charge is -2.35. The van der Waals surface area contributed by atoms with Crippen LogP contribution in [0.15, 0.2) is 0 Å². The van der Waals surface area contributed by atoms with Crippen LogP contribution in [0.1, 0.15) is 33.1 Å². The maximum absolute atomic E-state index is 10.1. The fourth-order valence-electron chi connectivity index (χ4n) is 2.10. The van der Waals surface area contributed by atoms with Crippen LogP contribution in [0.4, 0.5) is 0 Å². The predicted octanol–water partition coefficient (Wildman–Crippen LogP) is 1.51. The minimum absolute atomic E-state index is 0.601. The van der Waals surface area contributed by atoms with Crippen molar-refractivity contribution in [2.75, 3.05) is 33.4 Å². The summed E-state index contributed by atoms with van der Waals surface area (Å²) < 4.78 is 5.01. The molecule has 0 aliphatic carbocycles. The van der Waals surface area contributed by atoms with Crippen molar-refractivity contribution in [3.63, 3.8) is 0 Å². The highest BCUT2D eigenvalue weighted by molar-refractivity contribution is 4.80. The molecule has 15 heavy (non-hydrogen) atoms. The molecule has 0 amide bonds. The fraction of sp³-hybridized carbons (Fsp3) is 1.00. The number of methoxy groups -OCH3 is 1. The number of piperidine rings is 1. The first kappa shape index (κ1) is 12.9. The zero-order chi connectivity index (χ0) is 11.3. The van der Waals surface area contributed by atoms with E-state index in [9.17, 15) is 5.11 Å². The van der Waals surface area contributed by atoms with Gasteiger partial charge in [-0.05, 0) is 38.8 Å². The molecule has 0 bridgehead atoms. The summed E-state index contributed by atoms with van der Waals surface area (Å²) in [5, 5.41) is 10.1. The number of hydrogen-bond acceptors (Lipinski definition) is 3. The first-order valence-electron chi connectivity index (χ1n) is 5.97. The van der Waals surface area contributed by atoms with Crippen molar-refractivity contribution < 1.29 is 9.84 Å². The monoisotopic (exact) mass is 215 g/mol. The Morgan fingerprint density at radius 1 is 1.40 bits per heavy atom. The van der Waals surface area contributed by atoms with Crippen LogP contribution in [0.25, 0.3) is 0 Å². The normalized spacial score (nSPS) is 24.0. The van der Waals surface area contributed by atoms with E-state index in [2.05, 4.69) is 11.8 Å². The van der Waals surface area contributed by atoms with Crippen LogP contribution >= 0.6 is 0 Å². The Balaban J connectivity index is 2.27. The molecular formula is C12H25NO2. The molecule has 0 radical (unpaired) electrons. The Labute approximate surface area is 93.4 Å². The molecule has 1 rings (SSSR count). The molecule has 90 valence electrons. The first-order chi connectivity index (χ1) is 7.03. The van der Waals surface area contributed by atoms with Gasteiger partial charge >= 0.3 is 0 Å². The Morgan fingerprint density at radius 3 is 2.53 bits per heavy atom. The Kier molecular flexibility index (Phi) is 5.03. The molecule has 3 nitrogen and oxygen atoms in total. The van der Waals surface area contributed by atoms with Gasteiger partial charge in [-0.1, -0.05) is 6.92 Å². The van der Waals surface area contributed by atoms with Crippen molar-refractivity contribution in [1.82, 2.24) is 4.90 Å². The van der Waals surface area contributed by atoms with E-state index in [-0.39, 0.29) is 0 Å². The van der Waals surface area contributed by atoms with Gasteiger partial charge in [0.2, 0.25) is 0 Å². The molecule has 3 heteroatoms. The SMILES string of the molecule is COCCC(C)(O)CN1CCC(C)CC1. The lowest BCUT2D eigenvalue weighted by atomic mass is 9.96. The number of nitrogens with zero attached hydrogens (tertiary/aromatic N) is 1. The van der Waals surface area contributed by atoms with Crippen molar-refractivity contribution in [2.45, 2.75) is 38.7 Å². The summed E-state index contributed by atoms with van der Waals surface area (Å²) in [4.78, 5) is 2.37. The van der Waals surface area contributed by atoms with Crippen LogP contribution in [-0.2, 0) is 4.74 Å². The number of aliphatic hydroxyl groups is 1. The van der Waals surface area contributed by atoms with Crippen molar-refractivity contribution in [3.8, 4) is 0 Å². The molecule has 1 saturated heterocycles. The summed E-state index contributed by atoms with van der Waals surface area (Å²) >= 11 is 0. The van der Waals surface area contributed by atoms with E-state index < -0.39 is 5.60 Å². The third-order valence-corrected chi connectivity index (χ3v) is 3.29. The maximum Gasteiger partial charge on any atom is 0.0768 e. The highest BCUT2D eigenvalue weighted by Gasteiger charge is 2.25. The van der Waals surface area contributed by atoms with Gasteiger partial charge in [0.25, 0.3) is 0 Å². The van der Waals surface area contributed by atoms with E-state index >= 15 is 0 Å². The van der Waals surface area contributed by atoms with Crippen LogP contribution < -0.4 is 0 Å². The summed E-state index contributed by atoms with van der Waals surface area (Å²) in [5.74, 6) is 0.852. The largest absolute Gasteiger partial charge is 0.389 e. The molecule has 1 aliphatic heterocycles. The third-order valence-electron chi connectivity index (χ3n) is 3.29.